The van der Waals surface area contributed by atoms with Crippen molar-refractivity contribution in [1.82, 2.24) is 15.0 Å². The highest BCUT2D eigenvalue weighted by atomic mass is 32.1. The first kappa shape index (κ1) is 11.0. The number of hydrogen-bond donors (Lipinski definition) is 0. The summed E-state index contributed by atoms with van der Waals surface area (Å²) in [5, 5.41) is 7.21. The molecule has 0 saturated heterocycles. The summed E-state index contributed by atoms with van der Waals surface area (Å²) in [5.41, 5.74) is -0.626. The number of hydrogen-bond acceptors (Lipinski definition) is 3. The first-order valence-electron chi connectivity index (χ1n) is 4.31. The van der Waals surface area contributed by atoms with Crippen LogP contribution in [0.5, 0.6) is 0 Å². The maximum Gasteiger partial charge on any atom is 0.417 e. The van der Waals surface area contributed by atoms with Gasteiger partial charge in [-0.25, -0.2) is 4.68 Å². The van der Waals surface area contributed by atoms with E-state index in [4.69, 9.17) is 12.2 Å². The van der Waals surface area contributed by atoms with E-state index in [9.17, 15) is 13.2 Å². The van der Waals surface area contributed by atoms with Gasteiger partial charge in [-0.2, -0.15) is 13.2 Å². The Kier molecular flexibility index (Phi) is 2.42. The molecule has 1 aromatic carbocycles. The van der Waals surface area contributed by atoms with Crippen LogP contribution in [0.2, 0.25) is 0 Å². The van der Waals surface area contributed by atoms with Crippen molar-refractivity contribution in [3.8, 4) is 0 Å². The van der Waals surface area contributed by atoms with Crippen LogP contribution in [0.4, 0.5) is 13.2 Å². The van der Waals surface area contributed by atoms with E-state index in [0.717, 1.165) is 10.7 Å². The Labute approximate surface area is 93.5 Å². The highest BCUT2D eigenvalue weighted by Gasteiger charge is 2.33. The van der Waals surface area contributed by atoms with E-state index in [-0.39, 0.29) is 15.5 Å². The van der Waals surface area contributed by atoms with Crippen molar-refractivity contribution in [2.24, 2.45) is 7.05 Å². The van der Waals surface area contributed by atoms with Crippen LogP contribution in [0.15, 0.2) is 18.2 Å². The average molecular weight is 245 g/mol. The third-order valence-corrected chi connectivity index (χ3v) is 2.61. The molecule has 16 heavy (non-hydrogen) atoms. The highest BCUT2D eigenvalue weighted by molar-refractivity contribution is 7.71. The fourth-order valence-electron chi connectivity index (χ4n) is 1.40. The highest BCUT2D eigenvalue weighted by Crippen LogP contribution is 2.34. The molecule has 2 rings (SSSR count). The summed E-state index contributed by atoms with van der Waals surface area (Å²) < 4.78 is 39.3. The van der Waals surface area contributed by atoms with Gasteiger partial charge in [-0.3, -0.25) is 0 Å². The Morgan fingerprint density at radius 2 is 2.00 bits per heavy atom. The predicted molar refractivity (Wildman–Crippen MR) is 54.3 cm³/mol. The van der Waals surface area contributed by atoms with Gasteiger partial charge >= 0.3 is 6.18 Å². The monoisotopic (exact) mass is 245 g/mol. The van der Waals surface area contributed by atoms with Crippen LogP contribution >= 0.6 is 12.2 Å². The van der Waals surface area contributed by atoms with E-state index >= 15 is 0 Å². The van der Waals surface area contributed by atoms with Crippen molar-refractivity contribution in [3.05, 3.63) is 28.4 Å². The lowest BCUT2D eigenvalue weighted by atomic mass is 10.1. The van der Waals surface area contributed by atoms with Crippen molar-refractivity contribution < 1.29 is 13.2 Å². The molecule has 0 spiro atoms. The SMILES string of the molecule is Cn1nnc2cccc(C(F)(F)F)c2c1=S. The van der Waals surface area contributed by atoms with Crippen LogP contribution in [0.1, 0.15) is 5.56 Å². The first-order chi connectivity index (χ1) is 7.41. The molecule has 2 aromatic rings. The second-order valence-electron chi connectivity index (χ2n) is 3.22. The molecule has 1 heterocycles. The molecule has 0 fully saturated rings. The summed E-state index contributed by atoms with van der Waals surface area (Å²) in [6, 6.07) is 3.72. The zero-order valence-electron chi connectivity index (χ0n) is 8.12. The van der Waals surface area contributed by atoms with Crippen LogP contribution in [0.3, 0.4) is 0 Å². The molecule has 0 unspecified atom stereocenters. The molecule has 0 saturated carbocycles. The van der Waals surface area contributed by atoms with Gasteiger partial charge in [-0.15, -0.1) is 5.10 Å². The van der Waals surface area contributed by atoms with Gasteiger partial charge in [0.15, 0.2) is 0 Å². The van der Waals surface area contributed by atoms with Gasteiger partial charge in [0.2, 0.25) is 0 Å². The molecule has 0 aliphatic carbocycles. The van der Waals surface area contributed by atoms with Crippen molar-refractivity contribution in [1.29, 1.82) is 0 Å². The maximum atomic E-state index is 12.7. The van der Waals surface area contributed by atoms with Gasteiger partial charge in [0.25, 0.3) is 0 Å². The topological polar surface area (TPSA) is 30.7 Å². The minimum atomic E-state index is -4.44. The lowest BCUT2D eigenvalue weighted by Gasteiger charge is -2.10. The fraction of sp³-hybridized carbons (Fsp3) is 0.222. The van der Waals surface area contributed by atoms with Crippen LogP contribution in [0.25, 0.3) is 10.9 Å². The molecule has 1 aromatic heterocycles. The number of aryl methyl sites for hydroxylation is 1. The van der Waals surface area contributed by atoms with E-state index < -0.39 is 11.7 Å². The number of halogens is 3. The molecule has 84 valence electrons. The predicted octanol–water partition coefficient (Wildman–Crippen LogP) is 2.72. The number of fused-ring (bicyclic) bond motifs is 1. The number of nitrogens with zero attached hydrogens (tertiary/aromatic N) is 3. The van der Waals surface area contributed by atoms with E-state index in [2.05, 4.69) is 10.3 Å². The molecular weight excluding hydrogens is 239 g/mol. The van der Waals surface area contributed by atoms with Gasteiger partial charge in [-0.1, -0.05) is 23.5 Å². The molecule has 0 bridgehead atoms. The minimum absolute atomic E-state index is 0.0259. The summed E-state index contributed by atoms with van der Waals surface area (Å²) in [6.45, 7) is 0. The second kappa shape index (κ2) is 3.51. The van der Waals surface area contributed by atoms with Gasteiger partial charge < -0.3 is 0 Å². The van der Waals surface area contributed by atoms with Crippen molar-refractivity contribution in [3.63, 3.8) is 0 Å². The van der Waals surface area contributed by atoms with Crippen LogP contribution in [0, 0.1) is 4.64 Å². The molecule has 0 radical (unpaired) electrons. The molecule has 0 aliphatic rings. The smallest absolute Gasteiger partial charge is 0.238 e. The third-order valence-electron chi connectivity index (χ3n) is 2.14. The van der Waals surface area contributed by atoms with Gasteiger partial charge in [0.05, 0.1) is 16.5 Å². The Hall–Kier alpha value is -1.50. The molecule has 0 aliphatic heterocycles. The molecule has 0 N–H and O–H groups in total. The quantitative estimate of drug-likeness (QED) is 0.668. The van der Waals surface area contributed by atoms with Crippen LogP contribution in [-0.2, 0) is 13.2 Å². The van der Waals surface area contributed by atoms with Crippen LogP contribution < -0.4 is 0 Å². The summed E-state index contributed by atoms with van der Waals surface area (Å²) in [4.78, 5) is 0. The average Bonchev–Trinajstić information content (AvgIpc) is 2.21. The van der Waals surface area contributed by atoms with E-state index in [1.807, 2.05) is 0 Å². The van der Waals surface area contributed by atoms with Crippen molar-refractivity contribution in [2.45, 2.75) is 6.18 Å². The van der Waals surface area contributed by atoms with Crippen molar-refractivity contribution in [2.75, 3.05) is 0 Å². The normalized spacial score (nSPS) is 12.0. The van der Waals surface area contributed by atoms with Crippen LogP contribution in [-0.4, -0.2) is 15.0 Å². The van der Waals surface area contributed by atoms with E-state index in [0.29, 0.717) is 0 Å². The second-order valence-corrected chi connectivity index (χ2v) is 3.60. The zero-order chi connectivity index (χ0) is 11.9. The van der Waals surface area contributed by atoms with Gasteiger partial charge in [0.1, 0.15) is 4.64 Å². The summed E-state index contributed by atoms with van der Waals surface area (Å²) in [7, 11) is 1.46. The number of alkyl halides is 3. The lowest BCUT2D eigenvalue weighted by molar-refractivity contribution is -0.136. The van der Waals surface area contributed by atoms with Gasteiger partial charge in [0, 0.05) is 7.05 Å². The Morgan fingerprint density at radius 1 is 1.31 bits per heavy atom. The summed E-state index contributed by atoms with van der Waals surface area (Å²) in [5.74, 6) is 0. The minimum Gasteiger partial charge on any atom is -0.238 e. The van der Waals surface area contributed by atoms with Gasteiger partial charge in [-0.05, 0) is 12.1 Å². The number of benzene rings is 1. The molecule has 7 heteroatoms. The standard InChI is InChI=1S/C9H6F3N3S/c1-15-8(16)7-5(9(10,11)12)3-2-4-6(7)13-14-15/h2-4H,1H3. The first-order valence-corrected chi connectivity index (χ1v) is 4.72. The van der Waals surface area contributed by atoms with E-state index in [1.165, 1.54) is 19.2 Å². The maximum absolute atomic E-state index is 12.7. The Morgan fingerprint density at radius 3 is 2.62 bits per heavy atom. The number of rotatable bonds is 0. The summed E-state index contributed by atoms with van der Waals surface area (Å²) in [6.07, 6.45) is -4.44. The molecule has 0 amide bonds. The fourth-order valence-corrected chi connectivity index (χ4v) is 1.65. The summed E-state index contributed by atoms with van der Waals surface area (Å²) >= 11 is 4.91. The third kappa shape index (κ3) is 1.67. The van der Waals surface area contributed by atoms with E-state index in [1.54, 1.807) is 0 Å². The largest absolute Gasteiger partial charge is 0.417 e. The van der Waals surface area contributed by atoms with Crippen molar-refractivity contribution >= 4 is 23.1 Å². The molecule has 0 atom stereocenters. The molecule has 3 nitrogen and oxygen atoms in total. The Balaban J connectivity index is 2.97. The Bertz CT molecular complexity index is 603. The zero-order valence-corrected chi connectivity index (χ0v) is 8.93. The molecular formula is C9H6F3N3S. The lowest BCUT2D eigenvalue weighted by Crippen LogP contribution is -2.09. The number of aromatic nitrogens is 3.